The van der Waals surface area contributed by atoms with Crippen molar-refractivity contribution in [2.45, 2.75) is 18.4 Å². The smallest absolute Gasteiger partial charge is 0.255 e. The number of methoxy groups -OCH3 is 1. The second kappa shape index (κ2) is 11.6. The predicted molar refractivity (Wildman–Crippen MR) is 144 cm³/mol. The number of aromatic nitrogens is 2. The number of anilines is 2. The number of carbonyl (C=O) groups excluding carboxylic acids is 1. The van der Waals surface area contributed by atoms with Crippen molar-refractivity contribution in [3.8, 4) is 22.8 Å². The summed E-state index contributed by atoms with van der Waals surface area (Å²) in [5, 5.41) is 6.70. The number of ether oxygens (including phenoxy) is 3. The first kappa shape index (κ1) is 26.3. The number of carbonyl (C=O) groups is 1. The quantitative estimate of drug-likeness (QED) is 0.368. The lowest BCUT2D eigenvalue weighted by atomic mass is 9.94. The summed E-state index contributed by atoms with van der Waals surface area (Å²) >= 11 is 6.38. The van der Waals surface area contributed by atoms with E-state index < -0.39 is 6.67 Å². The number of amides is 1. The van der Waals surface area contributed by atoms with Gasteiger partial charge in [-0.1, -0.05) is 17.7 Å². The zero-order valence-electron chi connectivity index (χ0n) is 21.4. The molecule has 0 radical (unpaired) electrons. The van der Waals surface area contributed by atoms with E-state index in [0.29, 0.717) is 76.8 Å². The molecular formula is C27H31ClFN5O4. The van der Waals surface area contributed by atoms with Gasteiger partial charge in [-0.2, -0.15) is 0 Å². The van der Waals surface area contributed by atoms with Crippen molar-refractivity contribution in [2.75, 3.05) is 59.1 Å². The number of hydrogen-bond donors (Lipinski definition) is 3. The van der Waals surface area contributed by atoms with E-state index in [2.05, 4.69) is 25.5 Å². The van der Waals surface area contributed by atoms with Crippen LogP contribution in [0.5, 0.6) is 11.5 Å². The molecule has 1 saturated heterocycles. The highest BCUT2D eigenvalue weighted by molar-refractivity contribution is 6.32. The number of para-hydroxylation sites is 1. The summed E-state index contributed by atoms with van der Waals surface area (Å²) in [4.78, 5) is 23.1. The van der Waals surface area contributed by atoms with Gasteiger partial charge < -0.3 is 29.8 Å². The highest BCUT2D eigenvalue weighted by Crippen LogP contribution is 2.44. The molecule has 5 rings (SSSR count). The molecule has 0 spiro atoms. The van der Waals surface area contributed by atoms with Gasteiger partial charge in [-0.05, 0) is 31.7 Å². The summed E-state index contributed by atoms with van der Waals surface area (Å²) in [6.45, 7) is 2.37. The van der Waals surface area contributed by atoms with E-state index in [0.717, 1.165) is 6.54 Å². The first-order valence-electron chi connectivity index (χ1n) is 12.6. The Morgan fingerprint density at radius 3 is 3.00 bits per heavy atom. The number of benzene rings is 1. The summed E-state index contributed by atoms with van der Waals surface area (Å²) in [6.07, 6.45) is 3.60. The van der Waals surface area contributed by atoms with Gasteiger partial charge in [0.15, 0.2) is 5.75 Å². The summed E-state index contributed by atoms with van der Waals surface area (Å²) < 4.78 is 30.9. The maximum atomic E-state index is 13.4. The van der Waals surface area contributed by atoms with Gasteiger partial charge in [0, 0.05) is 36.5 Å². The van der Waals surface area contributed by atoms with Crippen LogP contribution in [0.4, 0.5) is 15.8 Å². The molecule has 4 heterocycles. The average molecular weight is 544 g/mol. The lowest BCUT2D eigenvalue weighted by Crippen LogP contribution is -2.46. The zero-order valence-corrected chi connectivity index (χ0v) is 22.1. The third-order valence-corrected chi connectivity index (χ3v) is 7.37. The Morgan fingerprint density at radius 1 is 1.34 bits per heavy atom. The molecule has 1 fully saturated rings. The molecule has 2 aliphatic heterocycles. The van der Waals surface area contributed by atoms with Gasteiger partial charge in [0.25, 0.3) is 5.91 Å². The van der Waals surface area contributed by atoms with Gasteiger partial charge in [0.2, 0.25) is 0 Å². The van der Waals surface area contributed by atoms with Crippen LogP contribution in [-0.4, -0.2) is 80.6 Å². The van der Waals surface area contributed by atoms with Gasteiger partial charge in [0.1, 0.15) is 12.4 Å². The van der Waals surface area contributed by atoms with Gasteiger partial charge in [-0.3, -0.25) is 19.1 Å². The lowest BCUT2D eigenvalue weighted by molar-refractivity contribution is -0.0107. The molecule has 11 heteroatoms. The van der Waals surface area contributed by atoms with E-state index in [1.165, 1.54) is 7.11 Å². The minimum Gasteiger partial charge on any atom is -0.493 e. The van der Waals surface area contributed by atoms with Gasteiger partial charge >= 0.3 is 0 Å². The van der Waals surface area contributed by atoms with Gasteiger partial charge in [-0.15, -0.1) is 0 Å². The number of nitrogens with zero attached hydrogens (tertiary/aromatic N) is 2. The molecule has 3 aromatic rings. The highest BCUT2D eigenvalue weighted by atomic mass is 35.5. The molecule has 2 atom stereocenters. The average Bonchev–Trinajstić information content (AvgIpc) is 3.30. The monoisotopic (exact) mass is 543 g/mol. The molecular weight excluding hydrogens is 513 g/mol. The van der Waals surface area contributed by atoms with Crippen molar-refractivity contribution in [2.24, 2.45) is 0 Å². The normalized spacial score (nSPS) is 19.5. The van der Waals surface area contributed by atoms with Crippen molar-refractivity contribution in [1.82, 2.24) is 20.2 Å². The van der Waals surface area contributed by atoms with E-state index >= 15 is 0 Å². The number of nitrogens with one attached hydrogen (secondary N) is 3. The fourth-order valence-corrected chi connectivity index (χ4v) is 5.17. The van der Waals surface area contributed by atoms with Crippen molar-refractivity contribution in [1.29, 1.82) is 0 Å². The third-order valence-electron chi connectivity index (χ3n) is 7.07. The van der Waals surface area contributed by atoms with Crippen LogP contribution in [0, 0.1) is 0 Å². The molecule has 0 saturated carbocycles. The summed E-state index contributed by atoms with van der Waals surface area (Å²) in [7, 11) is 3.58. The SMILES string of the molecule is COc1c(Cl)cccc1Nc1c(-c2ccncc2OC[C@@H]2COCCN2C)[nH]c2c1C(=O)NC[C@@H]2CCF. The van der Waals surface area contributed by atoms with Crippen molar-refractivity contribution in [3.63, 3.8) is 0 Å². The second-order valence-corrected chi connectivity index (χ2v) is 9.79. The van der Waals surface area contributed by atoms with Crippen LogP contribution in [0.1, 0.15) is 28.4 Å². The van der Waals surface area contributed by atoms with Gasteiger partial charge in [0.05, 0.1) is 66.9 Å². The number of fused-ring (bicyclic) bond motifs is 1. The van der Waals surface area contributed by atoms with Crippen molar-refractivity contribution >= 4 is 28.9 Å². The Bertz CT molecular complexity index is 1300. The van der Waals surface area contributed by atoms with E-state index in [4.69, 9.17) is 25.8 Å². The number of alkyl halides is 1. The predicted octanol–water partition coefficient (Wildman–Crippen LogP) is 4.38. The number of rotatable bonds is 9. The van der Waals surface area contributed by atoms with E-state index in [1.54, 1.807) is 24.5 Å². The Kier molecular flexibility index (Phi) is 8.01. The number of halogens is 2. The molecule has 2 aliphatic rings. The van der Waals surface area contributed by atoms with Crippen LogP contribution in [0.3, 0.4) is 0 Å². The maximum Gasteiger partial charge on any atom is 0.255 e. The minimum absolute atomic E-state index is 0.0988. The molecule has 3 N–H and O–H groups in total. The molecule has 1 amide bonds. The standard InChI is InChI=1S/C27H31ClFN5O4/c1-34-10-11-37-14-17(34)15-38-21-13-30-9-7-18(21)24-25(32-20-5-3-4-19(28)26(20)36-2)22-23(33-24)16(6-8-29)12-31-27(22)35/h3-5,7,9,13,16-17,32-33H,6,8,10-12,14-15H2,1-2H3,(H,31,35)/t16-,17-/m0/s1. The Morgan fingerprint density at radius 2 is 2.21 bits per heavy atom. The Labute approximate surface area is 225 Å². The zero-order chi connectivity index (χ0) is 26.6. The molecule has 9 nitrogen and oxygen atoms in total. The van der Waals surface area contributed by atoms with Crippen LogP contribution in [0.15, 0.2) is 36.7 Å². The van der Waals surface area contributed by atoms with E-state index in [9.17, 15) is 9.18 Å². The molecule has 2 aromatic heterocycles. The molecule has 0 aliphatic carbocycles. The fourth-order valence-electron chi connectivity index (χ4n) is 4.92. The number of aromatic amines is 1. The molecule has 202 valence electrons. The number of pyridine rings is 1. The van der Waals surface area contributed by atoms with Crippen LogP contribution in [0.25, 0.3) is 11.3 Å². The van der Waals surface area contributed by atoms with Crippen LogP contribution in [-0.2, 0) is 4.74 Å². The largest absolute Gasteiger partial charge is 0.493 e. The Balaban J connectivity index is 1.59. The first-order chi connectivity index (χ1) is 18.5. The summed E-state index contributed by atoms with van der Waals surface area (Å²) in [6, 6.07) is 7.26. The van der Waals surface area contributed by atoms with E-state index in [-0.39, 0.29) is 24.3 Å². The molecule has 38 heavy (non-hydrogen) atoms. The highest BCUT2D eigenvalue weighted by Gasteiger charge is 2.34. The Hall–Kier alpha value is -3.34. The minimum atomic E-state index is -0.500. The van der Waals surface area contributed by atoms with Crippen molar-refractivity contribution < 1.29 is 23.4 Å². The van der Waals surface area contributed by atoms with Crippen LogP contribution >= 0.6 is 11.6 Å². The topological polar surface area (TPSA) is 101 Å². The number of H-pyrrole nitrogens is 1. The summed E-state index contributed by atoms with van der Waals surface area (Å²) in [5.74, 6) is 0.535. The number of hydrogen-bond acceptors (Lipinski definition) is 7. The van der Waals surface area contributed by atoms with Gasteiger partial charge in [-0.25, -0.2) is 0 Å². The van der Waals surface area contributed by atoms with E-state index in [1.807, 2.05) is 19.2 Å². The third kappa shape index (κ3) is 5.16. The number of morpholine rings is 1. The lowest BCUT2D eigenvalue weighted by Gasteiger charge is -2.32. The fraction of sp³-hybridized carbons (Fsp3) is 0.407. The van der Waals surface area contributed by atoms with Crippen LogP contribution in [0.2, 0.25) is 5.02 Å². The van der Waals surface area contributed by atoms with Crippen molar-refractivity contribution in [3.05, 3.63) is 52.9 Å². The first-order valence-corrected chi connectivity index (χ1v) is 12.9. The van der Waals surface area contributed by atoms with Crippen LogP contribution < -0.4 is 20.1 Å². The molecule has 0 bridgehead atoms. The maximum absolute atomic E-state index is 13.4. The molecule has 0 unspecified atom stereocenters. The number of likely N-dealkylation sites (N-methyl/N-ethyl adjacent to an activating group) is 1. The molecule has 1 aromatic carbocycles. The summed E-state index contributed by atoms with van der Waals surface area (Å²) in [5.41, 5.74) is 3.55. The second-order valence-electron chi connectivity index (χ2n) is 9.39.